The van der Waals surface area contributed by atoms with Gasteiger partial charge in [0, 0.05) is 22.2 Å². The van der Waals surface area contributed by atoms with E-state index in [2.05, 4.69) is 0 Å². The highest BCUT2D eigenvalue weighted by molar-refractivity contribution is 6.36. The van der Waals surface area contributed by atoms with Crippen LogP contribution in [-0.2, 0) is 6.54 Å². The summed E-state index contributed by atoms with van der Waals surface area (Å²) in [5.41, 5.74) is 7.68. The molecule has 0 atom stereocenters. The molecular weight excluding hydrogens is 260 g/mol. The Hall–Kier alpha value is -1.09. The topological polar surface area (TPSA) is 26.0 Å². The van der Waals surface area contributed by atoms with Gasteiger partial charge in [-0.2, -0.15) is 0 Å². The van der Waals surface area contributed by atoms with Crippen LogP contribution in [-0.4, -0.2) is 0 Å². The van der Waals surface area contributed by atoms with Crippen molar-refractivity contribution in [1.82, 2.24) is 0 Å². The fourth-order valence-corrected chi connectivity index (χ4v) is 2.16. The van der Waals surface area contributed by atoms with Crippen molar-refractivity contribution in [3.63, 3.8) is 0 Å². The van der Waals surface area contributed by atoms with Crippen LogP contribution in [0.1, 0.15) is 5.56 Å². The van der Waals surface area contributed by atoms with Crippen molar-refractivity contribution in [2.24, 2.45) is 5.73 Å². The summed E-state index contributed by atoms with van der Waals surface area (Å²) in [7, 11) is 0. The van der Waals surface area contributed by atoms with E-state index in [4.69, 9.17) is 28.9 Å². The molecule has 0 aliphatic heterocycles. The molecule has 0 bridgehead atoms. The fraction of sp³-hybridized carbons (Fsp3) is 0.0769. The summed E-state index contributed by atoms with van der Waals surface area (Å²) in [6.07, 6.45) is 0. The van der Waals surface area contributed by atoms with Gasteiger partial charge in [0.1, 0.15) is 5.82 Å². The molecule has 0 radical (unpaired) electrons. The number of nitrogens with two attached hydrogens (primary N) is 1. The van der Waals surface area contributed by atoms with Crippen LogP contribution < -0.4 is 5.73 Å². The lowest BCUT2D eigenvalue weighted by molar-refractivity contribution is 0.626. The zero-order valence-electron chi connectivity index (χ0n) is 8.88. The summed E-state index contributed by atoms with van der Waals surface area (Å²) in [4.78, 5) is 0. The second kappa shape index (κ2) is 5.05. The second-order valence-electron chi connectivity index (χ2n) is 3.68. The summed E-state index contributed by atoms with van der Waals surface area (Å²) < 4.78 is 13.4. The standard InChI is InChI=1S/C13H10Cl2FN/c14-10-1-2-12(13(15)6-10)9-3-8(7-17)4-11(16)5-9/h1-6H,7,17H2. The summed E-state index contributed by atoms with van der Waals surface area (Å²) in [5.74, 6) is -0.325. The minimum atomic E-state index is -0.325. The third-order valence-electron chi connectivity index (χ3n) is 2.44. The van der Waals surface area contributed by atoms with Gasteiger partial charge in [-0.3, -0.25) is 0 Å². The SMILES string of the molecule is NCc1cc(F)cc(-c2ccc(Cl)cc2Cl)c1. The molecule has 4 heteroatoms. The van der Waals surface area contributed by atoms with Crippen LogP contribution >= 0.6 is 23.2 Å². The molecule has 88 valence electrons. The Labute approximate surface area is 109 Å². The lowest BCUT2D eigenvalue weighted by atomic mass is 10.0. The molecule has 0 saturated heterocycles. The minimum Gasteiger partial charge on any atom is -0.326 e. The Balaban J connectivity index is 2.55. The third-order valence-corrected chi connectivity index (χ3v) is 2.98. The number of hydrogen-bond donors (Lipinski definition) is 1. The summed E-state index contributed by atoms with van der Waals surface area (Å²) >= 11 is 11.9. The first-order valence-corrected chi connectivity index (χ1v) is 5.80. The van der Waals surface area contributed by atoms with Gasteiger partial charge in [0.2, 0.25) is 0 Å². The van der Waals surface area contributed by atoms with Crippen molar-refractivity contribution in [3.8, 4) is 11.1 Å². The Kier molecular flexibility index (Phi) is 3.67. The van der Waals surface area contributed by atoms with Gasteiger partial charge in [0.05, 0.1) is 0 Å². The molecule has 0 saturated carbocycles. The Morgan fingerprint density at radius 2 is 1.82 bits per heavy atom. The highest BCUT2D eigenvalue weighted by Crippen LogP contribution is 2.31. The third kappa shape index (κ3) is 2.78. The van der Waals surface area contributed by atoms with Gasteiger partial charge in [0.25, 0.3) is 0 Å². The quantitative estimate of drug-likeness (QED) is 0.866. The zero-order chi connectivity index (χ0) is 12.4. The molecule has 17 heavy (non-hydrogen) atoms. The van der Waals surface area contributed by atoms with E-state index in [0.717, 1.165) is 11.1 Å². The van der Waals surface area contributed by atoms with Crippen molar-refractivity contribution < 1.29 is 4.39 Å². The van der Waals surface area contributed by atoms with E-state index in [1.54, 1.807) is 18.2 Å². The largest absolute Gasteiger partial charge is 0.326 e. The molecule has 0 amide bonds. The number of hydrogen-bond acceptors (Lipinski definition) is 1. The molecule has 0 spiro atoms. The van der Waals surface area contributed by atoms with Crippen molar-refractivity contribution in [2.75, 3.05) is 0 Å². The predicted molar refractivity (Wildman–Crippen MR) is 69.7 cm³/mol. The van der Waals surface area contributed by atoms with E-state index in [1.807, 2.05) is 6.07 Å². The van der Waals surface area contributed by atoms with Gasteiger partial charge in [-0.05, 0) is 41.5 Å². The molecule has 1 nitrogen and oxygen atoms in total. The van der Waals surface area contributed by atoms with Crippen LogP contribution in [0.3, 0.4) is 0 Å². The Morgan fingerprint density at radius 3 is 2.47 bits per heavy atom. The predicted octanol–water partition coefficient (Wildman–Crippen LogP) is 4.26. The van der Waals surface area contributed by atoms with E-state index in [0.29, 0.717) is 15.6 Å². The van der Waals surface area contributed by atoms with Gasteiger partial charge in [-0.1, -0.05) is 29.3 Å². The molecule has 0 aliphatic rings. The van der Waals surface area contributed by atoms with Crippen LogP contribution in [0.15, 0.2) is 36.4 Å². The molecule has 2 N–H and O–H groups in total. The Morgan fingerprint density at radius 1 is 1.06 bits per heavy atom. The minimum absolute atomic E-state index is 0.288. The highest BCUT2D eigenvalue weighted by Gasteiger charge is 2.07. The average molecular weight is 270 g/mol. The summed E-state index contributed by atoms with van der Waals surface area (Å²) in [6, 6.07) is 9.76. The van der Waals surface area contributed by atoms with Crippen LogP contribution in [0.4, 0.5) is 4.39 Å². The molecule has 0 fully saturated rings. The van der Waals surface area contributed by atoms with Crippen LogP contribution in [0.5, 0.6) is 0 Å². The first-order chi connectivity index (χ1) is 8.10. The van der Waals surface area contributed by atoms with E-state index >= 15 is 0 Å². The monoisotopic (exact) mass is 269 g/mol. The lowest BCUT2D eigenvalue weighted by Crippen LogP contribution is -1.97. The molecule has 0 heterocycles. The summed E-state index contributed by atoms with van der Waals surface area (Å²) in [6.45, 7) is 0.288. The molecule has 2 aromatic carbocycles. The van der Waals surface area contributed by atoms with Crippen molar-refractivity contribution in [3.05, 3.63) is 57.8 Å². The fourth-order valence-electron chi connectivity index (χ4n) is 1.65. The molecule has 2 aromatic rings. The Bertz CT molecular complexity index is 555. The lowest BCUT2D eigenvalue weighted by Gasteiger charge is -2.07. The van der Waals surface area contributed by atoms with Gasteiger partial charge in [0.15, 0.2) is 0 Å². The van der Waals surface area contributed by atoms with Gasteiger partial charge in [-0.25, -0.2) is 4.39 Å². The first kappa shape index (κ1) is 12.4. The van der Waals surface area contributed by atoms with E-state index in [1.165, 1.54) is 12.1 Å². The summed E-state index contributed by atoms with van der Waals surface area (Å²) in [5, 5.41) is 1.04. The zero-order valence-corrected chi connectivity index (χ0v) is 10.4. The molecular formula is C13H10Cl2FN. The second-order valence-corrected chi connectivity index (χ2v) is 4.52. The van der Waals surface area contributed by atoms with Gasteiger partial charge < -0.3 is 5.73 Å². The maximum Gasteiger partial charge on any atom is 0.124 e. The van der Waals surface area contributed by atoms with Crippen molar-refractivity contribution in [2.45, 2.75) is 6.54 Å². The number of benzene rings is 2. The van der Waals surface area contributed by atoms with Crippen LogP contribution in [0.25, 0.3) is 11.1 Å². The van der Waals surface area contributed by atoms with Crippen molar-refractivity contribution in [1.29, 1.82) is 0 Å². The van der Waals surface area contributed by atoms with Gasteiger partial charge >= 0.3 is 0 Å². The van der Waals surface area contributed by atoms with Gasteiger partial charge in [-0.15, -0.1) is 0 Å². The first-order valence-electron chi connectivity index (χ1n) is 5.05. The number of rotatable bonds is 2. The highest BCUT2D eigenvalue weighted by atomic mass is 35.5. The van der Waals surface area contributed by atoms with Crippen LogP contribution in [0, 0.1) is 5.82 Å². The van der Waals surface area contributed by atoms with E-state index in [-0.39, 0.29) is 12.4 Å². The molecule has 0 aromatic heterocycles. The molecule has 0 aliphatic carbocycles. The maximum atomic E-state index is 13.4. The molecule has 0 unspecified atom stereocenters. The molecule has 2 rings (SSSR count). The van der Waals surface area contributed by atoms with Crippen LogP contribution in [0.2, 0.25) is 10.0 Å². The van der Waals surface area contributed by atoms with Crippen molar-refractivity contribution >= 4 is 23.2 Å². The van der Waals surface area contributed by atoms with E-state index in [9.17, 15) is 4.39 Å². The maximum absolute atomic E-state index is 13.4. The number of halogens is 3. The average Bonchev–Trinajstić information content (AvgIpc) is 2.28. The normalized spacial score (nSPS) is 10.6. The smallest absolute Gasteiger partial charge is 0.124 e. The van der Waals surface area contributed by atoms with E-state index < -0.39 is 0 Å².